The van der Waals surface area contributed by atoms with Gasteiger partial charge in [-0.05, 0) is 13.8 Å². The zero-order valence-electron chi connectivity index (χ0n) is 14.2. The van der Waals surface area contributed by atoms with Crippen molar-refractivity contribution in [1.82, 2.24) is 14.0 Å². The van der Waals surface area contributed by atoms with E-state index in [1.54, 1.807) is 30.5 Å². The first-order valence-electron chi connectivity index (χ1n) is 7.90. The Kier molecular flexibility index (Phi) is 4.53. The Hall–Kier alpha value is -3.49. The number of non-ortho nitro benzene ring substituents is 1. The van der Waals surface area contributed by atoms with Crippen molar-refractivity contribution in [3.63, 3.8) is 0 Å². The summed E-state index contributed by atoms with van der Waals surface area (Å²) in [5, 5.41) is 11.0. The third-order valence-corrected chi connectivity index (χ3v) is 3.87. The lowest BCUT2D eigenvalue weighted by molar-refractivity contribution is -0.384. The number of benzene rings is 1. The number of esters is 1. The minimum absolute atomic E-state index is 0.0718. The molecule has 2 heterocycles. The lowest BCUT2D eigenvalue weighted by atomic mass is 10.1. The van der Waals surface area contributed by atoms with E-state index in [0.717, 1.165) is 0 Å². The molecule has 0 bridgehead atoms. The van der Waals surface area contributed by atoms with Crippen LogP contribution in [-0.4, -0.2) is 31.5 Å². The number of ether oxygens (including phenoxy) is 1. The molecule has 3 aromatic rings. The van der Waals surface area contributed by atoms with Crippen LogP contribution in [0.25, 0.3) is 17.0 Å². The monoisotopic (exact) mass is 356 g/mol. The standard InChI is InChI=1S/C17H16N4O5/c1-3-26-16(23)10-19-11(2)7-15(22)20-9-14(18-17(19)20)12-5-4-6-13(8-12)21(24)25/h4-9H,3,10H2,1-2H3. The highest BCUT2D eigenvalue weighted by atomic mass is 16.6. The van der Waals surface area contributed by atoms with E-state index in [4.69, 9.17) is 4.74 Å². The van der Waals surface area contributed by atoms with Crippen LogP contribution in [0.3, 0.4) is 0 Å². The van der Waals surface area contributed by atoms with E-state index < -0.39 is 10.9 Å². The number of carbonyl (C=O) groups excluding carboxylic acids is 1. The summed E-state index contributed by atoms with van der Waals surface area (Å²) in [7, 11) is 0. The number of fused-ring (bicyclic) bond motifs is 1. The fraction of sp³-hybridized carbons (Fsp3) is 0.235. The molecular weight excluding hydrogens is 340 g/mol. The van der Waals surface area contributed by atoms with Gasteiger partial charge in [0.05, 0.1) is 17.2 Å². The number of nitrogens with zero attached hydrogens (tertiary/aromatic N) is 4. The van der Waals surface area contributed by atoms with Gasteiger partial charge in [-0.25, -0.2) is 4.98 Å². The molecule has 0 unspecified atom stereocenters. The summed E-state index contributed by atoms with van der Waals surface area (Å²) in [6.45, 7) is 3.57. The fourth-order valence-electron chi connectivity index (χ4n) is 2.66. The van der Waals surface area contributed by atoms with E-state index in [1.807, 2.05) is 0 Å². The molecule has 0 amide bonds. The summed E-state index contributed by atoms with van der Waals surface area (Å²) < 4.78 is 7.84. The number of nitro groups is 1. The third-order valence-electron chi connectivity index (χ3n) is 3.87. The third kappa shape index (κ3) is 3.18. The molecule has 0 fully saturated rings. The molecule has 0 radical (unpaired) electrons. The van der Waals surface area contributed by atoms with Crippen molar-refractivity contribution in [3.05, 3.63) is 62.7 Å². The molecule has 0 saturated carbocycles. The molecule has 1 aromatic carbocycles. The van der Waals surface area contributed by atoms with E-state index >= 15 is 0 Å². The van der Waals surface area contributed by atoms with Crippen molar-refractivity contribution in [2.24, 2.45) is 0 Å². The summed E-state index contributed by atoms with van der Waals surface area (Å²) in [4.78, 5) is 39.0. The Bertz CT molecular complexity index is 1070. The second-order valence-corrected chi connectivity index (χ2v) is 5.62. The number of hydrogen-bond acceptors (Lipinski definition) is 6. The largest absolute Gasteiger partial charge is 0.465 e. The number of nitro benzene ring substituents is 1. The topological polar surface area (TPSA) is 109 Å². The molecule has 0 spiro atoms. The number of carbonyl (C=O) groups is 1. The maximum absolute atomic E-state index is 12.3. The number of rotatable bonds is 5. The van der Waals surface area contributed by atoms with Gasteiger partial charge in [-0.3, -0.25) is 24.1 Å². The highest BCUT2D eigenvalue weighted by molar-refractivity contribution is 5.70. The number of hydrogen-bond donors (Lipinski definition) is 0. The first-order valence-corrected chi connectivity index (χ1v) is 7.90. The maximum Gasteiger partial charge on any atom is 0.326 e. The van der Waals surface area contributed by atoms with Crippen LogP contribution in [0.2, 0.25) is 0 Å². The molecule has 0 aliphatic heterocycles. The average Bonchev–Trinajstić information content (AvgIpc) is 3.05. The second kappa shape index (κ2) is 6.79. The predicted molar refractivity (Wildman–Crippen MR) is 92.9 cm³/mol. The van der Waals surface area contributed by atoms with Gasteiger partial charge >= 0.3 is 5.97 Å². The second-order valence-electron chi connectivity index (χ2n) is 5.62. The Labute approximate surface area is 147 Å². The average molecular weight is 356 g/mol. The van der Waals surface area contributed by atoms with Crippen LogP contribution in [0.15, 0.2) is 41.3 Å². The minimum Gasteiger partial charge on any atom is -0.465 e. The van der Waals surface area contributed by atoms with Crippen molar-refractivity contribution >= 4 is 17.4 Å². The summed E-state index contributed by atoms with van der Waals surface area (Å²) in [5.74, 6) is -0.175. The molecule has 0 N–H and O–H groups in total. The van der Waals surface area contributed by atoms with Gasteiger partial charge in [0.2, 0.25) is 5.78 Å². The van der Waals surface area contributed by atoms with Crippen molar-refractivity contribution in [2.75, 3.05) is 6.61 Å². The van der Waals surface area contributed by atoms with Gasteiger partial charge in [-0.15, -0.1) is 0 Å². The molecular formula is C17H16N4O5. The van der Waals surface area contributed by atoms with E-state index in [2.05, 4.69) is 4.98 Å². The van der Waals surface area contributed by atoms with Gasteiger partial charge < -0.3 is 9.30 Å². The van der Waals surface area contributed by atoms with E-state index in [-0.39, 0.29) is 30.2 Å². The van der Waals surface area contributed by atoms with Crippen molar-refractivity contribution in [3.8, 4) is 11.3 Å². The first-order chi connectivity index (χ1) is 12.4. The number of aryl methyl sites for hydroxylation is 1. The van der Waals surface area contributed by atoms with Crippen molar-refractivity contribution in [1.29, 1.82) is 0 Å². The molecule has 2 aromatic heterocycles. The SMILES string of the molecule is CCOC(=O)Cn1c(C)cc(=O)n2cc(-c3cccc([N+](=O)[O-])c3)nc12. The zero-order chi connectivity index (χ0) is 18.8. The highest BCUT2D eigenvalue weighted by Crippen LogP contribution is 2.23. The van der Waals surface area contributed by atoms with Gasteiger partial charge in [0.25, 0.3) is 11.2 Å². The Morgan fingerprint density at radius 2 is 2.12 bits per heavy atom. The van der Waals surface area contributed by atoms with Crippen LogP contribution >= 0.6 is 0 Å². The Morgan fingerprint density at radius 1 is 1.35 bits per heavy atom. The molecule has 9 nitrogen and oxygen atoms in total. The van der Waals surface area contributed by atoms with Gasteiger partial charge in [0.1, 0.15) is 6.54 Å². The fourth-order valence-corrected chi connectivity index (χ4v) is 2.66. The van der Waals surface area contributed by atoms with Gasteiger partial charge in [-0.2, -0.15) is 0 Å². The van der Waals surface area contributed by atoms with E-state index in [9.17, 15) is 19.7 Å². The summed E-state index contributed by atoms with van der Waals surface area (Å²) >= 11 is 0. The Morgan fingerprint density at radius 3 is 2.81 bits per heavy atom. The summed E-state index contributed by atoms with van der Waals surface area (Å²) in [5.41, 5.74) is 1.09. The number of aromatic nitrogens is 3. The molecule has 26 heavy (non-hydrogen) atoms. The lowest BCUT2D eigenvalue weighted by Gasteiger charge is -2.10. The first kappa shape index (κ1) is 17.3. The molecule has 9 heteroatoms. The Balaban J connectivity index is 2.15. The molecule has 0 aliphatic rings. The van der Waals surface area contributed by atoms with Crippen LogP contribution < -0.4 is 5.56 Å². The predicted octanol–water partition coefficient (Wildman–Crippen LogP) is 1.94. The molecule has 0 atom stereocenters. The van der Waals surface area contributed by atoms with Crippen molar-refractivity contribution in [2.45, 2.75) is 20.4 Å². The van der Waals surface area contributed by atoms with Crippen LogP contribution in [-0.2, 0) is 16.1 Å². The highest BCUT2D eigenvalue weighted by Gasteiger charge is 2.16. The van der Waals surface area contributed by atoms with E-state index in [0.29, 0.717) is 17.0 Å². The summed E-state index contributed by atoms with van der Waals surface area (Å²) in [6, 6.07) is 7.37. The van der Waals surface area contributed by atoms with Gasteiger partial charge in [0.15, 0.2) is 0 Å². The van der Waals surface area contributed by atoms with Crippen LogP contribution in [0.4, 0.5) is 5.69 Å². The quantitative estimate of drug-likeness (QED) is 0.393. The molecule has 3 rings (SSSR count). The normalized spacial score (nSPS) is 10.8. The zero-order valence-corrected chi connectivity index (χ0v) is 14.2. The van der Waals surface area contributed by atoms with E-state index in [1.165, 1.54) is 28.8 Å². The maximum atomic E-state index is 12.3. The number of imidazole rings is 1. The van der Waals surface area contributed by atoms with Crippen molar-refractivity contribution < 1.29 is 14.5 Å². The minimum atomic E-state index is -0.497. The molecule has 134 valence electrons. The molecule has 0 saturated heterocycles. The van der Waals surface area contributed by atoms with Gasteiger partial charge in [0, 0.05) is 35.7 Å². The smallest absolute Gasteiger partial charge is 0.326 e. The van der Waals surface area contributed by atoms with Crippen LogP contribution in [0.1, 0.15) is 12.6 Å². The lowest BCUT2D eigenvalue weighted by Crippen LogP contribution is -2.22. The van der Waals surface area contributed by atoms with Gasteiger partial charge in [-0.1, -0.05) is 12.1 Å². The summed E-state index contributed by atoms with van der Waals surface area (Å²) in [6.07, 6.45) is 1.50. The van der Waals surface area contributed by atoms with Crippen LogP contribution in [0, 0.1) is 17.0 Å². The van der Waals surface area contributed by atoms with Crippen LogP contribution in [0.5, 0.6) is 0 Å². The molecule has 0 aliphatic carbocycles.